The molecule has 0 aromatic heterocycles. The van der Waals surface area contributed by atoms with E-state index in [-0.39, 0.29) is 11.3 Å². The van der Waals surface area contributed by atoms with Crippen LogP contribution >= 0.6 is 0 Å². The molecule has 0 saturated heterocycles. The zero-order valence-electron chi connectivity index (χ0n) is 21.2. The van der Waals surface area contributed by atoms with Crippen LogP contribution in [-0.2, 0) is 5.41 Å². The number of hydrogen-bond acceptors (Lipinski definition) is 0. The van der Waals surface area contributed by atoms with Gasteiger partial charge in [-0.05, 0) is 70.2 Å². The second kappa shape index (κ2) is 9.43. The van der Waals surface area contributed by atoms with Crippen molar-refractivity contribution in [2.24, 2.45) is 0 Å². The van der Waals surface area contributed by atoms with Crippen molar-refractivity contribution in [2.45, 2.75) is 49.9 Å². The van der Waals surface area contributed by atoms with Gasteiger partial charge in [-0.25, -0.2) is 0 Å². The highest BCUT2D eigenvalue weighted by Gasteiger charge is 2.49. The van der Waals surface area contributed by atoms with E-state index < -0.39 is 0 Å². The Kier molecular flexibility index (Phi) is 5.97. The molecule has 2 atom stereocenters. The Morgan fingerprint density at radius 1 is 0.667 bits per heavy atom. The smallest absolute Gasteiger partial charge is 0.0205 e. The summed E-state index contributed by atoms with van der Waals surface area (Å²) >= 11 is 0. The number of fused-ring (bicyclic) bond motifs is 4. The van der Waals surface area contributed by atoms with E-state index in [2.05, 4.69) is 123 Å². The van der Waals surface area contributed by atoms with E-state index in [1.807, 2.05) is 6.08 Å². The summed E-state index contributed by atoms with van der Waals surface area (Å²) in [6.07, 6.45) is 9.29. The van der Waals surface area contributed by atoms with Gasteiger partial charge in [-0.15, -0.1) is 6.58 Å². The standard InChI is InChI=1S/C36H34/c1-3-4-5-7-16-26-25-34(31-22-13-10-19-28(26)31)36(2,27-17-8-6-9-18-27)35-32-23-14-11-20-29(32)30-21-12-15-24-33(30)35/h3,6,8-15,17-25,34-35H,1,4-5,7,16H2,2H3. The molecular weight excluding hydrogens is 432 g/mol. The fourth-order valence-electron chi connectivity index (χ4n) is 6.88. The lowest BCUT2D eigenvalue weighted by molar-refractivity contribution is 0.381. The van der Waals surface area contributed by atoms with Crippen LogP contribution in [0.4, 0.5) is 0 Å². The third-order valence-corrected chi connectivity index (χ3v) is 8.59. The Balaban J connectivity index is 1.55. The first-order chi connectivity index (χ1) is 17.7. The first-order valence-corrected chi connectivity index (χ1v) is 13.4. The van der Waals surface area contributed by atoms with Gasteiger partial charge in [0.25, 0.3) is 0 Å². The van der Waals surface area contributed by atoms with Crippen LogP contribution in [0.25, 0.3) is 16.7 Å². The molecule has 2 aliphatic rings. The van der Waals surface area contributed by atoms with Crippen molar-refractivity contribution in [1.82, 2.24) is 0 Å². The molecule has 0 amide bonds. The fourth-order valence-corrected chi connectivity index (χ4v) is 6.88. The monoisotopic (exact) mass is 466 g/mol. The summed E-state index contributed by atoms with van der Waals surface area (Å²) in [5, 5.41) is 0. The molecule has 4 aromatic carbocycles. The molecule has 178 valence electrons. The van der Waals surface area contributed by atoms with Gasteiger partial charge in [0.15, 0.2) is 0 Å². The Labute approximate surface area is 216 Å². The highest BCUT2D eigenvalue weighted by molar-refractivity contribution is 5.81. The van der Waals surface area contributed by atoms with E-state index >= 15 is 0 Å². The molecule has 0 radical (unpaired) electrons. The van der Waals surface area contributed by atoms with E-state index in [9.17, 15) is 0 Å². The largest absolute Gasteiger partial charge is 0.103 e. The van der Waals surface area contributed by atoms with Gasteiger partial charge in [-0.3, -0.25) is 0 Å². The average molecular weight is 467 g/mol. The van der Waals surface area contributed by atoms with Gasteiger partial charge in [0.05, 0.1) is 0 Å². The van der Waals surface area contributed by atoms with E-state index in [1.54, 1.807) is 0 Å². The SMILES string of the molecule is C=CCCCCC1=CC(C(C)(c2ccccc2)C2c3ccccc3-c3ccccc32)c2ccccc21. The van der Waals surface area contributed by atoms with Gasteiger partial charge in [0.2, 0.25) is 0 Å². The molecule has 0 heteroatoms. The predicted molar refractivity (Wildman–Crippen MR) is 153 cm³/mol. The second-order valence-corrected chi connectivity index (χ2v) is 10.5. The summed E-state index contributed by atoms with van der Waals surface area (Å²) in [6, 6.07) is 38.6. The summed E-state index contributed by atoms with van der Waals surface area (Å²) in [5.41, 5.74) is 11.4. The fraction of sp³-hybridized carbons (Fsp3) is 0.222. The van der Waals surface area contributed by atoms with Gasteiger partial charge in [0, 0.05) is 17.3 Å². The molecule has 36 heavy (non-hydrogen) atoms. The number of benzene rings is 4. The van der Waals surface area contributed by atoms with E-state index in [1.165, 1.54) is 57.4 Å². The zero-order chi connectivity index (χ0) is 24.5. The molecule has 6 rings (SSSR count). The van der Waals surface area contributed by atoms with Crippen molar-refractivity contribution in [2.75, 3.05) is 0 Å². The lowest BCUT2D eigenvalue weighted by Gasteiger charge is -2.42. The number of unbranched alkanes of at least 4 members (excludes halogenated alkanes) is 2. The van der Waals surface area contributed by atoms with Crippen LogP contribution < -0.4 is 0 Å². The van der Waals surface area contributed by atoms with Crippen molar-refractivity contribution in [3.05, 3.63) is 150 Å². The first-order valence-electron chi connectivity index (χ1n) is 13.4. The Hall–Kier alpha value is -3.64. The minimum Gasteiger partial charge on any atom is -0.103 e. The Morgan fingerprint density at radius 3 is 1.86 bits per heavy atom. The topological polar surface area (TPSA) is 0 Å². The van der Waals surface area contributed by atoms with Gasteiger partial charge in [0.1, 0.15) is 0 Å². The molecule has 0 heterocycles. The molecule has 0 spiro atoms. The molecule has 0 aliphatic heterocycles. The lowest BCUT2D eigenvalue weighted by Crippen LogP contribution is -2.36. The van der Waals surface area contributed by atoms with E-state index in [0.29, 0.717) is 5.92 Å². The van der Waals surface area contributed by atoms with E-state index in [4.69, 9.17) is 0 Å². The average Bonchev–Trinajstić information content (AvgIpc) is 3.48. The molecule has 4 aromatic rings. The highest BCUT2D eigenvalue weighted by Crippen LogP contribution is 2.60. The van der Waals surface area contributed by atoms with Crippen LogP contribution in [0.15, 0.2) is 122 Å². The van der Waals surface area contributed by atoms with Crippen LogP contribution in [0, 0.1) is 0 Å². The van der Waals surface area contributed by atoms with Crippen LogP contribution in [0.1, 0.15) is 72.3 Å². The van der Waals surface area contributed by atoms with Gasteiger partial charge < -0.3 is 0 Å². The molecule has 0 N–H and O–H groups in total. The summed E-state index contributed by atoms with van der Waals surface area (Å²) in [4.78, 5) is 0. The summed E-state index contributed by atoms with van der Waals surface area (Å²) in [7, 11) is 0. The normalized spacial score (nSPS) is 17.6. The lowest BCUT2D eigenvalue weighted by atomic mass is 9.60. The zero-order valence-corrected chi connectivity index (χ0v) is 21.2. The highest BCUT2D eigenvalue weighted by atomic mass is 14.5. The van der Waals surface area contributed by atoms with Gasteiger partial charge in [-0.2, -0.15) is 0 Å². The quantitative estimate of drug-likeness (QED) is 0.179. The van der Waals surface area contributed by atoms with Crippen LogP contribution in [0.2, 0.25) is 0 Å². The molecular formula is C36H34. The van der Waals surface area contributed by atoms with Gasteiger partial charge >= 0.3 is 0 Å². The van der Waals surface area contributed by atoms with Crippen molar-refractivity contribution in [1.29, 1.82) is 0 Å². The second-order valence-electron chi connectivity index (χ2n) is 10.5. The van der Waals surface area contributed by atoms with Crippen molar-refractivity contribution >= 4 is 5.57 Å². The molecule has 0 nitrogen and oxygen atoms in total. The minimum absolute atomic E-state index is 0.136. The Bertz CT molecular complexity index is 1380. The first kappa shape index (κ1) is 22.8. The maximum absolute atomic E-state index is 3.91. The van der Waals surface area contributed by atoms with Crippen LogP contribution in [0.3, 0.4) is 0 Å². The van der Waals surface area contributed by atoms with Crippen LogP contribution in [-0.4, -0.2) is 0 Å². The third kappa shape index (κ3) is 3.59. The predicted octanol–water partition coefficient (Wildman–Crippen LogP) is 9.68. The summed E-state index contributed by atoms with van der Waals surface area (Å²) in [5.74, 6) is 0.580. The maximum Gasteiger partial charge on any atom is 0.0205 e. The summed E-state index contributed by atoms with van der Waals surface area (Å²) < 4.78 is 0. The third-order valence-electron chi connectivity index (χ3n) is 8.59. The van der Waals surface area contributed by atoms with Crippen molar-refractivity contribution in [3.63, 3.8) is 0 Å². The van der Waals surface area contributed by atoms with E-state index in [0.717, 1.165) is 12.8 Å². The van der Waals surface area contributed by atoms with Crippen molar-refractivity contribution in [3.8, 4) is 11.1 Å². The number of allylic oxidation sites excluding steroid dienone is 3. The summed E-state index contributed by atoms with van der Waals surface area (Å²) in [6.45, 7) is 6.43. The molecule has 2 aliphatic carbocycles. The molecule has 0 saturated carbocycles. The molecule has 2 unspecified atom stereocenters. The van der Waals surface area contributed by atoms with Crippen molar-refractivity contribution < 1.29 is 0 Å². The molecule has 0 fully saturated rings. The number of hydrogen-bond donors (Lipinski definition) is 0. The van der Waals surface area contributed by atoms with Crippen LogP contribution in [0.5, 0.6) is 0 Å². The number of rotatable bonds is 8. The molecule has 0 bridgehead atoms. The Morgan fingerprint density at radius 2 is 1.22 bits per heavy atom. The van der Waals surface area contributed by atoms with Gasteiger partial charge in [-0.1, -0.05) is 122 Å². The minimum atomic E-state index is -0.136. The maximum atomic E-state index is 3.91.